The van der Waals surface area contributed by atoms with Gasteiger partial charge in [0.15, 0.2) is 0 Å². The van der Waals surface area contributed by atoms with Crippen LogP contribution in [0, 0.1) is 0 Å². The number of hydrazine groups is 1. The number of carbonyl (C=O) groups excluding carboxylic acids is 1. The van der Waals surface area contributed by atoms with Crippen molar-refractivity contribution in [2.75, 3.05) is 31.2 Å². The molecule has 20 heavy (non-hydrogen) atoms. The van der Waals surface area contributed by atoms with Gasteiger partial charge in [-0.2, -0.15) is 0 Å². The molecule has 0 atom stereocenters. The highest BCUT2D eigenvalue weighted by atomic mass is 16.5. The van der Waals surface area contributed by atoms with Crippen LogP contribution in [0.2, 0.25) is 0 Å². The molecule has 1 saturated heterocycles. The van der Waals surface area contributed by atoms with E-state index in [1.165, 1.54) is 0 Å². The Bertz CT molecular complexity index is 636. The van der Waals surface area contributed by atoms with Crippen LogP contribution in [0.3, 0.4) is 0 Å². The molecule has 2 aromatic rings. The van der Waals surface area contributed by atoms with Crippen LogP contribution in [0.25, 0.3) is 10.8 Å². The summed E-state index contributed by atoms with van der Waals surface area (Å²) in [5, 5.41) is 1.98. The molecule has 3 rings (SSSR count). The molecule has 1 fully saturated rings. The van der Waals surface area contributed by atoms with Gasteiger partial charge in [-0.15, -0.1) is 0 Å². The number of benzene rings is 2. The number of rotatable bonds is 2. The molecule has 1 amide bonds. The van der Waals surface area contributed by atoms with E-state index in [0.29, 0.717) is 5.56 Å². The maximum Gasteiger partial charge on any atom is 0.265 e. The Morgan fingerprint density at radius 1 is 1.10 bits per heavy atom. The van der Waals surface area contributed by atoms with Crippen LogP contribution in [0.5, 0.6) is 0 Å². The summed E-state index contributed by atoms with van der Waals surface area (Å²) >= 11 is 0. The molecule has 5 heteroatoms. The molecule has 1 aliphatic rings. The third-order valence-electron chi connectivity index (χ3n) is 3.63. The molecule has 0 unspecified atom stereocenters. The SMILES string of the molecule is NNC(=O)c1ccc(N2CCOCC2)c2ccccc12. The quantitative estimate of drug-likeness (QED) is 0.490. The van der Waals surface area contributed by atoms with Crippen LogP contribution < -0.4 is 16.2 Å². The number of hydrogen-bond acceptors (Lipinski definition) is 4. The fourth-order valence-corrected chi connectivity index (χ4v) is 2.64. The Kier molecular flexibility index (Phi) is 3.54. The van der Waals surface area contributed by atoms with Crippen LogP contribution in [-0.4, -0.2) is 32.2 Å². The Morgan fingerprint density at radius 2 is 1.80 bits per heavy atom. The van der Waals surface area contributed by atoms with Gasteiger partial charge in [-0.05, 0) is 17.5 Å². The zero-order valence-electron chi connectivity index (χ0n) is 11.1. The smallest absolute Gasteiger partial charge is 0.265 e. The molecule has 0 radical (unpaired) electrons. The van der Waals surface area contributed by atoms with Crippen molar-refractivity contribution in [2.24, 2.45) is 5.84 Å². The Labute approximate surface area is 117 Å². The van der Waals surface area contributed by atoms with Gasteiger partial charge in [0.1, 0.15) is 0 Å². The van der Waals surface area contributed by atoms with E-state index in [4.69, 9.17) is 10.6 Å². The van der Waals surface area contributed by atoms with Gasteiger partial charge in [-0.1, -0.05) is 24.3 Å². The minimum Gasteiger partial charge on any atom is -0.378 e. The number of amides is 1. The standard InChI is InChI=1S/C15H17N3O2/c16-17-15(19)13-5-6-14(18-7-9-20-10-8-18)12-4-2-1-3-11(12)13/h1-6H,7-10,16H2,(H,17,19). The summed E-state index contributed by atoms with van der Waals surface area (Å²) in [7, 11) is 0. The molecule has 0 spiro atoms. The summed E-state index contributed by atoms with van der Waals surface area (Å²) in [6, 6.07) is 11.7. The van der Waals surface area contributed by atoms with Crippen LogP contribution >= 0.6 is 0 Å². The van der Waals surface area contributed by atoms with E-state index < -0.39 is 0 Å². The molecule has 3 N–H and O–H groups in total. The first-order valence-electron chi connectivity index (χ1n) is 6.66. The lowest BCUT2D eigenvalue weighted by Crippen LogP contribution is -2.36. The van der Waals surface area contributed by atoms with Crippen molar-refractivity contribution < 1.29 is 9.53 Å². The van der Waals surface area contributed by atoms with Gasteiger partial charge in [0.2, 0.25) is 0 Å². The molecular formula is C15H17N3O2. The summed E-state index contributed by atoms with van der Waals surface area (Å²) in [5.41, 5.74) is 3.93. The summed E-state index contributed by atoms with van der Waals surface area (Å²) in [4.78, 5) is 14.1. The third-order valence-corrected chi connectivity index (χ3v) is 3.63. The molecule has 104 valence electrons. The van der Waals surface area contributed by atoms with E-state index in [1.54, 1.807) is 0 Å². The molecular weight excluding hydrogens is 254 g/mol. The summed E-state index contributed by atoms with van der Waals surface area (Å²) in [5.74, 6) is 4.98. The zero-order chi connectivity index (χ0) is 13.9. The molecule has 0 aromatic heterocycles. The number of nitrogen functional groups attached to an aromatic ring is 1. The molecule has 5 nitrogen and oxygen atoms in total. The number of carbonyl (C=O) groups is 1. The van der Waals surface area contributed by atoms with E-state index in [0.717, 1.165) is 42.8 Å². The van der Waals surface area contributed by atoms with Gasteiger partial charge >= 0.3 is 0 Å². The van der Waals surface area contributed by atoms with E-state index in [1.807, 2.05) is 36.4 Å². The Balaban J connectivity index is 2.13. The fourth-order valence-electron chi connectivity index (χ4n) is 2.64. The number of morpholine rings is 1. The first-order valence-corrected chi connectivity index (χ1v) is 6.66. The van der Waals surface area contributed by atoms with Gasteiger partial charge in [-0.3, -0.25) is 10.2 Å². The fraction of sp³-hybridized carbons (Fsp3) is 0.267. The molecule has 0 saturated carbocycles. The lowest BCUT2D eigenvalue weighted by atomic mass is 10.0. The topological polar surface area (TPSA) is 67.6 Å². The summed E-state index contributed by atoms with van der Waals surface area (Å²) in [6.07, 6.45) is 0. The van der Waals surface area contributed by atoms with Crippen LogP contribution in [-0.2, 0) is 4.74 Å². The Morgan fingerprint density at radius 3 is 2.50 bits per heavy atom. The van der Waals surface area contributed by atoms with Crippen molar-refractivity contribution in [3.05, 3.63) is 42.0 Å². The third kappa shape index (κ3) is 2.21. The average molecular weight is 271 g/mol. The van der Waals surface area contributed by atoms with E-state index >= 15 is 0 Å². The summed E-state index contributed by atoms with van der Waals surface area (Å²) in [6.45, 7) is 3.21. The first kappa shape index (κ1) is 12.9. The number of fused-ring (bicyclic) bond motifs is 1. The van der Waals surface area contributed by atoms with Gasteiger partial charge in [0.05, 0.1) is 13.2 Å². The Hall–Kier alpha value is -2.11. The average Bonchev–Trinajstić information content (AvgIpc) is 2.54. The van der Waals surface area contributed by atoms with E-state index in [-0.39, 0.29) is 5.91 Å². The number of hydrogen-bond donors (Lipinski definition) is 2. The largest absolute Gasteiger partial charge is 0.378 e. The van der Waals surface area contributed by atoms with Crippen molar-refractivity contribution in [2.45, 2.75) is 0 Å². The highest BCUT2D eigenvalue weighted by molar-refractivity contribution is 6.10. The highest BCUT2D eigenvalue weighted by Gasteiger charge is 2.16. The lowest BCUT2D eigenvalue weighted by Gasteiger charge is -2.30. The lowest BCUT2D eigenvalue weighted by molar-refractivity contribution is 0.0955. The second kappa shape index (κ2) is 5.48. The van der Waals surface area contributed by atoms with E-state index in [9.17, 15) is 4.79 Å². The predicted molar refractivity (Wildman–Crippen MR) is 78.6 cm³/mol. The number of nitrogens with two attached hydrogens (primary N) is 1. The van der Waals surface area contributed by atoms with Crippen LogP contribution in [0.1, 0.15) is 10.4 Å². The molecule has 1 heterocycles. The van der Waals surface area contributed by atoms with Crippen molar-refractivity contribution in [1.29, 1.82) is 0 Å². The van der Waals surface area contributed by atoms with Gasteiger partial charge in [-0.25, -0.2) is 5.84 Å². The summed E-state index contributed by atoms with van der Waals surface area (Å²) < 4.78 is 5.39. The van der Waals surface area contributed by atoms with Crippen molar-refractivity contribution >= 4 is 22.4 Å². The van der Waals surface area contributed by atoms with Crippen LogP contribution in [0.15, 0.2) is 36.4 Å². The zero-order valence-corrected chi connectivity index (χ0v) is 11.1. The molecule has 2 aromatic carbocycles. The van der Waals surface area contributed by atoms with Crippen molar-refractivity contribution in [3.8, 4) is 0 Å². The second-order valence-corrected chi connectivity index (χ2v) is 4.75. The minimum absolute atomic E-state index is 0.269. The van der Waals surface area contributed by atoms with Crippen LogP contribution in [0.4, 0.5) is 5.69 Å². The normalized spacial score (nSPS) is 15.3. The van der Waals surface area contributed by atoms with Gasteiger partial charge < -0.3 is 9.64 Å². The maximum absolute atomic E-state index is 11.8. The second-order valence-electron chi connectivity index (χ2n) is 4.75. The minimum atomic E-state index is -0.269. The van der Waals surface area contributed by atoms with Gasteiger partial charge in [0.25, 0.3) is 5.91 Å². The number of ether oxygens (including phenoxy) is 1. The number of nitrogens with one attached hydrogen (secondary N) is 1. The van der Waals surface area contributed by atoms with Crippen molar-refractivity contribution in [1.82, 2.24) is 5.43 Å². The molecule has 0 bridgehead atoms. The number of nitrogens with zero attached hydrogens (tertiary/aromatic N) is 1. The van der Waals surface area contributed by atoms with E-state index in [2.05, 4.69) is 10.3 Å². The van der Waals surface area contributed by atoms with Gasteiger partial charge in [0, 0.05) is 29.7 Å². The molecule has 1 aliphatic heterocycles. The monoisotopic (exact) mass is 271 g/mol. The number of anilines is 1. The molecule has 0 aliphatic carbocycles. The first-order chi connectivity index (χ1) is 9.81. The van der Waals surface area contributed by atoms with Crippen molar-refractivity contribution in [3.63, 3.8) is 0 Å². The maximum atomic E-state index is 11.8. The predicted octanol–water partition coefficient (Wildman–Crippen LogP) is 1.28. The highest BCUT2D eigenvalue weighted by Crippen LogP contribution is 2.30.